The number of aliphatic hydroxyl groups excluding tert-OH is 1. The number of benzene rings is 4. The molecular formula is C32H31N3O4. The maximum atomic E-state index is 11.3. The van der Waals surface area contributed by atoms with E-state index >= 15 is 0 Å². The Morgan fingerprint density at radius 1 is 0.949 bits per heavy atom. The molecule has 0 aliphatic heterocycles. The van der Waals surface area contributed by atoms with Gasteiger partial charge in [0.1, 0.15) is 18.4 Å². The molecule has 1 atom stereocenters. The number of hydrogen-bond donors (Lipinski definition) is 4. The summed E-state index contributed by atoms with van der Waals surface area (Å²) in [6.07, 6.45) is 0. The number of carbonyl (C=O) groups is 1. The molecule has 0 saturated carbocycles. The van der Waals surface area contributed by atoms with Crippen LogP contribution < -0.4 is 15.4 Å². The minimum atomic E-state index is -1.13. The molecule has 0 aromatic heterocycles. The molecule has 0 aliphatic carbocycles. The Bertz CT molecular complexity index is 1460. The Balaban J connectivity index is 1.53. The van der Waals surface area contributed by atoms with Crippen LogP contribution in [0, 0.1) is 18.3 Å². The third-order valence-corrected chi connectivity index (χ3v) is 6.55. The third kappa shape index (κ3) is 7.23. The van der Waals surface area contributed by atoms with Gasteiger partial charge in [0.15, 0.2) is 0 Å². The number of carboxylic acids is 1. The Kier molecular flexibility index (Phi) is 9.30. The lowest BCUT2D eigenvalue weighted by atomic mass is 9.96. The highest BCUT2D eigenvalue weighted by molar-refractivity contribution is 5.73. The van der Waals surface area contributed by atoms with E-state index in [1.54, 1.807) is 12.1 Å². The zero-order valence-electron chi connectivity index (χ0n) is 21.7. The van der Waals surface area contributed by atoms with Crippen LogP contribution in [-0.4, -0.2) is 28.8 Å². The SMILES string of the molecule is Cc1c(CNc2ccc(CNC(CO)C(=O)O)c(OCc3cccc(C#N)c3)c2)cccc1-c1ccccc1. The van der Waals surface area contributed by atoms with Crippen LogP contribution in [0.1, 0.15) is 27.8 Å². The van der Waals surface area contributed by atoms with Gasteiger partial charge in [0, 0.05) is 30.4 Å². The van der Waals surface area contributed by atoms with Crippen LogP contribution in [0.3, 0.4) is 0 Å². The van der Waals surface area contributed by atoms with Crippen LogP contribution >= 0.6 is 0 Å². The number of hydrogen-bond acceptors (Lipinski definition) is 6. The molecule has 0 aliphatic rings. The molecule has 0 radical (unpaired) electrons. The van der Waals surface area contributed by atoms with Crippen LogP contribution in [0.25, 0.3) is 11.1 Å². The molecule has 0 bridgehead atoms. The van der Waals surface area contributed by atoms with E-state index in [-0.39, 0.29) is 13.2 Å². The number of ether oxygens (including phenoxy) is 1. The zero-order valence-corrected chi connectivity index (χ0v) is 21.7. The highest BCUT2D eigenvalue weighted by Gasteiger charge is 2.16. The van der Waals surface area contributed by atoms with E-state index < -0.39 is 18.6 Å². The summed E-state index contributed by atoms with van der Waals surface area (Å²) >= 11 is 0. The molecule has 4 aromatic rings. The van der Waals surface area contributed by atoms with E-state index in [4.69, 9.17) is 4.74 Å². The zero-order chi connectivity index (χ0) is 27.6. The monoisotopic (exact) mass is 521 g/mol. The van der Waals surface area contributed by atoms with Crippen LogP contribution in [0.2, 0.25) is 0 Å². The molecule has 0 fully saturated rings. The summed E-state index contributed by atoms with van der Waals surface area (Å²) < 4.78 is 6.14. The fourth-order valence-corrected chi connectivity index (χ4v) is 4.30. The number of carboxylic acid groups (broad SMARTS) is 1. The van der Waals surface area contributed by atoms with Gasteiger partial charge in [-0.25, -0.2) is 0 Å². The molecule has 0 amide bonds. The summed E-state index contributed by atoms with van der Waals surface area (Å²) in [7, 11) is 0. The maximum absolute atomic E-state index is 11.3. The highest BCUT2D eigenvalue weighted by atomic mass is 16.5. The first kappa shape index (κ1) is 27.4. The van der Waals surface area contributed by atoms with E-state index in [9.17, 15) is 20.3 Å². The second-order valence-corrected chi connectivity index (χ2v) is 9.19. The van der Waals surface area contributed by atoms with E-state index in [1.807, 2.05) is 48.5 Å². The minimum Gasteiger partial charge on any atom is -0.488 e. The molecule has 0 spiro atoms. The molecule has 1 unspecified atom stereocenters. The van der Waals surface area contributed by atoms with Crippen LogP contribution in [0.5, 0.6) is 5.75 Å². The van der Waals surface area contributed by atoms with E-state index in [2.05, 4.69) is 54.0 Å². The van der Waals surface area contributed by atoms with Gasteiger partial charge in [-0.2, -0.15) is 5.26 Å². The van der Waals surface area contributed by atoms with Crippen LogP contribution in [0.4, 0.5) is 5.69 Å². The molecule has 0 heterocycles. The first-order valence-corrected chi connectivity index (χ1v) is 12.7. The quantitative estimate of drug-likeness (QED) is 0.201. The predicted octanol–water partition coefficient (Wildman–Crippen LogP) is 5.26. The molecule has 4 rings (SSSR count). The van der Waals surface area contributed by atoms with Gasteiger partial charge in [-0.1, -0.05) is 66.7 Å². The normalized spacial score (nSPS) is 11.4. The predicted molar refractivity (Wildman–Crippen MR) is 151 cm³/mol. The maximum Gasteiger partial charge on any atom is 0.323 e. The van der Waals surface area contributed by atoms with Crippen molar-refractivity contribution >= 4 is 11.7 Å². The lowest BCUT2D eigenvalue weighted by Crippen LogP contribution is -2.39. The number of aliphatic hydroxyl groups is 1. The lowest BCUT2D eigenvalue weighted by Gasteiger charge is -2.18. The summed E-state index contributed by atoms with van der Waals surface area (Å²) in [5.41, 5.74) is 7.73. The van der Waals surface area contributed by atoms with E-state index in [1.165, 1.54) is 22.3 Å². The van der Waals surface area contributed by atoms with Crippen molar-refractivity contribution in [2.45, 2.75) is 32.7 Å². The summed E-state index contributed by atoms with van der Waals surface area (Å²) in [6.45, 7) is 2.65. The fourth-order valence-electron chi connectivity index (χ4n) is 4.30. The lowest BCUT2D eigenvalue weighted by molar-refractivity contribution is -0.140. The fraction of sp³-hybridized carbons (Fsp3) is 0.188. The van der Waals surface area contributed by atoms with Gasteiger partial charge < -0.3 is 20.3 Å². The number of anilines is 1. The van der Waals surface area contributed by atoms with Crippen molar-refractivity contribution in [2.24, 2.45) is 0 Å². The summed E-state index contributed by atoms with van der Waals surface area (Å²) in [5, 5.41) is 34.2. The van der Waals surface area contributed by atoms with Crippen molar-refractivity contribution in [3.05, 3.63) is 119 Å². The summed E-state index contributed by atoms with van der Waals surface area (Å²) in [6, 6.07) is 30.5. The summed E-state index contributed by atoms with van der Waals surface area (Å²) in [4.78, 5) is 11.3. The molecule has 39 heavy (non-hydrogen) atoms. The van der Waals surface area contributed by atoms with Gasteiger partial charge in [0.25, 0.3) is 0 Å². The Morgan fingerprint density at radius 2 is 1.74 bits per heavy atom. The largest absolute Gasteiger partial charge is 0.488 e. The van der Waals surface area contributed by atoms with E-state index in [0.717, 1.165) is 16.8 Å². The van der Waals surface area contributed by atoms with Gasteiger partial charge >= 0.3 is 5.97 Å². The molecule has 198 valence electrons. The van der Waals surface area contributed by atoms with Gasteiger partial charge in [-0.15, -0.1) is 0 Å². The number of aliphatic carboxylic acids is 1. The van der Waals surface area contributed by atoms with Crippen LogP contribution in [-0.2, 0) is 24.5 Å². The first-order valence-electron chi connectivity index (χ1n) is 12.7. The molecule has 7 nitrogen and oxygen atoms in total. The first-order chi connectivity index (χ1) is 19.0. The summed E-state index contributed by atoms with van der Waals surface area (Å²) in [5.74, 6) is -0.550. The molecular weight excluding hydrogens is 490 g/mol. The second-order valence-electron chi connectivity index (χ2n) is 9.19. The van der Waals surface area contributed by atoms with Gasteiger partial charge in [-0.3, -0.25) is 10.1 Å². The number of rotatable bonds is 12. The van der Waals surface area contributed by atoms with Crippen LogP contribution in [0.15, 0.2) is 91.0 Å². The van der Waals surface area contributed by atoms with Gasteiger partial charge in [-0.05, 0) is 52.9 Å². The van der Waals surface area contributed by atoms with Crippen molar-refractivity contribution in [3.8, 4) is 22.9 Å². The van der Waals surface area contributed by atoms with Crippen molar-refractivity contribution in [2.75, 3.05) is 11.9 Å². The van der Waals surface area contributed by atoms with Crippen molar-refractivity contribution in [1.29, 1.82) is 5.26 Å². The van der Waals surface area contributed by atoms with Gasteiger partial charge in [0.05, 0.1) is 18.2 Å². The molecule has 4 N–H and O–H groups in total. The Labute approximate surface area is 228 Å². The smallest absolute Gasteiger partial charge is 0.323 e. The molecule has 0 saturated heterocycles. The number of nitrogens with one attached hydrogen (secondary N) is 2. The standard InChI is InChI=1S/C32H31N3O4/c1-22-26(11-6-12-29(22)25-9-3-2-4-10-25)18-34-28-14-13-27(19-35-30(20-36)32(37)38)31(16-28)39-21-24-8-5-7-23(15-24)17-33/h2-16,30,34-36H,18-21H2,1H3,(H,37,38). The third-order valence-electron chi connectivity index (χ3n) is 6.55. The Hall–Kier alpha value is -4.64. The number of nitriles is 1. The highest BCUT2D eigenvalue weighted by Crippen LogP contribution is 2.28. The van der Waals surface area contributed by atoms with Crippen molar-refractivity contribution in [3.63, 3.8) is 0 Å². The molecule has 7 heteroatoms. The second kappa shape index (κ2) is 13.2. The van der Waals surface area contributed by atoms with E-state index in [0.29, 0.717) is 17.9 Å². The average molecular weight is 522 g/mol. The Morgan fingerprint density at radius 3 is 2.49 bits per heavy atom. The van der Waals surface area contributed by atoms with Crippen molar-refractivity contribution < 1.29 is 19.7 Å². The average Bonchev–Trinajstić information content (AvgIpc) is 2.97. The topological polar surface area (TPSA) is 115 Å². The number of nitrogens with zero attached hydrogens (tertiary/aromatic N) is 1. The van der Waals surface area contributed by atoms with Gasteiger partial charge in [0.2, 0.25) is 0 Å². The minimum absolute atomic E-state index is 0.198. The van der Waals surface area contributed by atoms with Crippen molar-refractivity contribution in [1.82, 2.24) is 5.32 Å². The molecule has 4 aromatic carbocycles.